The first-order valence-corrected chi connectivity index (χ1v) is 6.13. The van der Waals surface area contributed by atoms with Crippen LogP contribution < -0.4 is 4.74 Å². The molecule has 1 aromatic heterocycles. The van der Waals surface area contributed by atoms with Crippen molar-refractivity contribution in [1.29, 1.82) is 0 Å². The van der Waals surface area contributed by atoms with E-state index in [0.29, 0.717) is 0 Å². The fourth-order valence-corrected chi connectivity index (χ4v) is 2.72. The summed E-state index contributed by atoms with van der Waals surface area (Å²) in [5, 5.41) is 4.32. The molecule has 2 aromatic rings. The maximum absolute atomic E-state index is 5.10. The van der Waals surface area contributed by atoms with Crippen LogP contribution in [0, 0.1) is 3.70 Å². The van der Waals surface area contributed by atoms with Gasteiger partial charge in [0.25, 0.3) is 0 Å². The largest absolute Gasteiger partial charge is 0.497 e. The lowest BCUT2D eigenvalue weighted by Gasteiger charge is -2.04. The summed E-state index contributed by atoms with van der Waals surface area (Å²) >= 11 is 5.59. The molecule has 0 saturated carbocycles. The normalized spacial score (nSPS) is 10.3. The molecule has 2 rings (SSSR count). The van der Waals surface area contributed by atoms with Gasteiger partial charge in [-0.1, -0.05) is 0 Å². The van der Waals surface area contributed by atoms with Crippen LogP contribution in [0.2, 0.25) is 0 Å². The number of hydrogen-bond donors (Lipinski definition) is 0. The quantitative estimate of drug-likeness (QED) is 0.750. The summed E-state index contributed by atoms with van der Waals surface area (Å²) in [6.45, 7) is 0. The lowest BCUT2D eigenvalue weighted by atomic mass is 10.3. The molecule has 0 bridgehead atoms. The fraction of sp³-hybridized carbons (Fsp3) is 0.100. The maximum atomic E-state index is 5.10. The Kier molecular flexibility index (Phi) is 3.30. The summed E-state index contributed by atoms with van der Waals surface area (Å²) in [7, 11) is 1.66. The van der Waals surface area contributed by atoms with Gasteiger partial charge >= 0.3 is 0 Å². The molecule has 15 heavy (non-hydrogen) atoms. The lowest BCUT2D eigenvalue weighted by Crippen LogP contribution is -1.98. The van der Waals surface area contributed by atoms with E-state index in [1.807, 2.05) is 35.0 Å². The van der Waals surface area contributed by atoms with Crippen LogP contribution in [0.25, 0.3) is 5.69 Å². The van der Waals surface area contributed by atoms with Crippen LogP contribution in [0.3, 0.4) is 0 Å². The molecule has 0 fully saturated rings. The summed E-state index contributed by atoms with van der Waals surface area (Å²) in [6, 6.07) is 9.74. The van der Waals surface area contributed by atoms with E-state index in [-0.39, 0.29) is 0 Å². The Bertz CT molecular complexity index is 467. The highest BCUT2D eigenvalue weighted by molar-refractivity contribution is 14.1. The highest BCUT2D eigenvalue weighted by atomic mass is 127. The fourth-order valence-electron chi connectivity index (χ4n) is 1.24. The second-order valence-electron chi connectivity index (χ2n) is 2.90. The number of benzene rings is 1. The Hall–Kier alpha value is -0.560. The van der Waals surface area contributed by atoms with Gasteiger partial charge in [-0.2, -0.15) is 5.10 Å². The number of methoxy groups -OCH3 is 1. The average molecular weight is 379 g/mol. The third-order valence-electron chi connectivity index (χ3n) is 1.95. The highest BCUT2D eigenvalue weighted by Crippen LogP contribution is 2.19. The molecule has 0 saturated heterocycles. The molecule has 0 N–H and O–H groups in total. The van der Waals surface area contributed by atoms with Gasteiger partial charge in [-0.15, -0.1) is 0 Å². The minimum atomic E-state index is 0.836. The first-order valence-electron chi connectivity index (χ1n) is 4.26. The zero-order valence-electron chi connectivity index (χ0n) is 7.95. The SMILES string of the molecule is COc1ccc(-n2nc(Br)cc2I)cc1. The summed E-state index contributed by atoms with van der Waals surface area (Å²) in [6.07, 6.45) is 0. The minimum Gasteiger partial charge on any atom is -0.497 e. The standard InChI is InChI=1S/C10H8BrIN2O/c1-15-8-4-2-7(3-5-8)14-10(12)6-9(11)13-14/h2-6H,1H3. The number of ether oxygens (including phenoxy) is 1. The predicted octanol–water partition coefficient (Wildman–Crippen LogP) is 3.25. The molecule has 0 spiro atoms. The summed E-state index contributed by atoms with van der Waals surface area (Å²) in [5.41, 5.74) is 1.02. The van der Waals surface area contributed by atoms with E-state index >= 15 is 0 Å². The molecule has 0 amide bonds. The van der Waals surface area contributed by atoms with E-state index in [1.165, 1.54) is 0 Å². The molecule has 0 radical (unpaired) electrons. The third-order valence-corrected chi connectivity index (χ3v) is 3.11. The van der Waals surface area contributed by atoms with Crippen LogP contribution in [0.4, 0.5) is 0 Å². The van der Waals surface area contributed by atoms with E-state index in [4.69, 9.17) is 4.74 Å². The molecule has 0 aliphatic carbocycles. The summed E-state index contributed by atoms with van der Waals surface area (Å²) in [4.78, 5) is 0. The Balaban J connectivity index is 2.41. The summed E-state index contributed by atoms with van der Waals surface area (Å²) < 4.78 is 8.86. The van der Waals surface area contributed by atoms with Gasteiger partial charge in [-0.05, 0) is 62.8 Å². The van der Waals surface area contributed by atoms with Crippen molar-refractivity contribution < 1.29 is 4.74 Å². The van der Waals surface area contributed by atoms with Crippen molar-refractivity contribution in [3.05, 3.63) is 38.6 Å². The Morgan fingerprint density at radius 2 is 2.00 bits per heavy atom. The van der Waals surface area contributed by atoms with E-state index in [0.717, 1.165) is 19.7 Å². The van der Waals surface area contributed by atoms with E-state index in [1.54, 1.807) is 7.11 Å². The smallest absolute Gasteiger partial charge is 0.129 e. The number of hydrogen-bond acceptors (Lipinski definition) is 2. The molecule has 0 unspecified atom stereocenters. The van der Waals surface area contributed by atoms with Crippen molar-refractivity contribution >= 4 is 38.5 Å². The first-order chi connectivity index (χ1) is 7.20. The van der Waals surface area contributed by atoms with Crippen molar-refractivity contribution in [2.45, 2.75) is 0 Å². The van der Waals surface area contributed by atoms with Gasteiger partial charge in [0.2, 0.25) is 0 Å². The van der Waals surface area contributed by atoms with Crippen LogP contribution >= 0.6 is 38.5 Å². The Labute approximate surface area is 110 Å². The van der Waals surface area contributed by atoms with Gasteiger partial charge in [0.15, 0.2) is 0 Å². The van der Waals surface area contributed by atoms with Crippen LogP contribution in [0.15, 0.2) is 34.9 Å². The van der Waals surface area contributed by atoms with Gasteiger partial charge < -0.3 is 4.74 Å². The van der Waals surface area contributed by atoms with Crippen LogP contribution in [0.1, 0.15) is 0 Å². The van der Waals surface area contributed by atoms with Crippen molar-refractivity contribution in [3.63, 3.8) is 0 Å². The van der Waals surface area contributed by atoms with Gasteiger partial charge in [0.05, 0.1) is 12.8 Å². The maximum Gasteiger partial charge on any atom is 0.129 e. The van der Waals surface area contributed by atoms with Crippen molar-refractivity contribution in [1.82, 2.24) is 9.78 Å². The van der Waals surface area contributed by atoms with Gasteiger partial charge in [0, 0.05) is 6.07 Å². The molecule has 0 atom stereocenters. The molecule has 3 nitrogen and oxygen atoms in total. The highest BCUT2D eigenvalue weighted by Gasteiger charge is 2.05. The first kappa shape index (κ1) is 10.9. The van der Waals surface area contributed by atoms with Crippen LogP contribution in [-0.4, -0.2) is 16.9 Å². The van der Waals surface area contributed by atoms with Gasteiger partial charge in [-0.3, -0.25) is 0 Å². The number of rotatable bonds is 2. The molecule has 78 valence electrons. The van der Waals surface area contributed by atoms with E-state index in [2.05, 4.69) is 43.6 Å². The zero-order chi connectivity index (χ0) is 10.8. The second-order valence-corrected chi connectivity index (χ2v) is 4.82. The summed E-state index contributed by atoms with van der Waals surface area (Å²) in [5.74, 6) is 0.847. The molecular weight excluding hydrogens is 371 g/mol. The van der Waals surface area contributed by atoms with Crippen LogP contribution in [0.5, 0.6) is 5.75 Å². The molecule has 1 heterocycles. The number of halogens is 2. The van der Waals surface area contributed by atoms with Crippen molar-refractivity contribution in [2.75, 3.05) is 7.11 Å². The van der Waals surface area contributed by atoms with E-state index in [9.17, 15) is 0 Å². The number of nitrogens with zero attached hydrogens (tertiary/aromatic N) is 2. The lowest BCUT2D eigenvalue weighted by molar-refractivity contribution is 0.414. The second kappa shape index (κ2) is 4.52. The Morgan fingerprint density at radius 3 is 2.47 bits per heavy atom. The molecule has 5 heteroatoms. The molecular formula is C10H8BrIN2O. The Morgan fingerprint density at radius 1 is 1.33 bits per heavy atom. The van der Waals surface area contributed by atoms with Gasteiger partial charge in [0.1, 0.15) is 14.1 Å². The molecule has 1 aromatic carbocycles. The van der Waals surface area contributed by atoms with Gasteiger partial charge in [-0.25, -0.2) is 4.68 Å². The predicted molar refractivity (Wildman–Crippen MR) is 70.5 cm³/mol. The monoisotopic (exact) mass is 378 g/mol. The minimum absolute atomic E-state index is 0.836. The third kappa shape index (κ3) is 2.34. The number of aromatic nitrogens is 2. The molecule has 0 aliphatic heterocycles. The topological polar surface area (TPSA) is 27.1 Å². The molecule has 0 aliphatic rings. The van der Waals surface area contributed by atoms with Crippen molar-refractivity contribution in [3.8, 4) is 11.4 Å². The zero-order valence-corrected chi connectivity index (χ0v) is 11.7. The van der Waals surface area contributed by atoms with Crippen molar-refractivity contribution in [2.24, 2.45) is 0 Å². The van der Waals surface area contributed by atoms with E-state index < -0.39 is 0 Å². The average Bonchev–Trinajstić information content (AvgIpc) is 2.58. The van der Waals surface area contributed by atoms with Crippen LogP contribution in [-0.2, 0) is 0 Å².